The third-order valence-corrected chi connectivity index (χ3v) is 2.57. The van der Waals surface area contributed by atoms with Gasteiger partial charge in [-0.3, -0.25) is 5.26 Å². The maximum atomic E-state index is 9.13. The normalized spacial score (nSPS) is 28.8. The molecule has 0 aromatic rings. The average Bonchev–Trinajstić information content (AvgIpc) is 2.04. The summed E-state index contributed by atoms with van der Waals surface area (Å²) in [6.07, 6.45) is 4.33. The van der Waals surface area contributed by atoms with E-state index in [9.17, 15) is 0 Å². The Balaban J connectivity index is 2.24. The Bertz CT molecular complexity index is 143. The molecule has 0 heterocycles. The minimum Gasteiger partial charge on any atom is -0.437 e. The van der Waals surface area contributed by atoms with Crippen LogP contribution >= 0.6 is 0 Å². The van der Waals surface area contributed by atoms with E-state index in [1.807, 2.05) is 0 Å². The zero-order chi connectivity index (χ0) is 9.68. The van der Waals surface area contributed by atoms with Crippen LogP contribution in [-0.4, -0.2) is 30.0 Å². The first-order valence-corrected chi connectivity index (χ1v) is 4.93. The van der Waals surface area contributed by atoms with Crippen LogP contribution in [0.4, 0.5) is 0 Å². The molecule has 0 radical (unpaired) electrons. The van der Waals surface area contributed by atoms with Crippen molar-refractivity contribution in [3.05, 3.63) is 0 Å². The molecule has 5 heteroatoms. The van der Waals surface area contributed by atoms with Crippen LogP contribution in [0, 0.1) is 5.92 Å². The molecular formula is C8H18BNO3. The Morgan fingerprint density at radius 2 is 2.31 bits per heavy atom. The third kappa shape index (κ3) is 4.09. The molecule has 1 saturated carbocycles. The molecule has 13 heavy (non-hydrogen) atoms. The van der Waals surface area contributed by atoms with Crippen LogP contribution in [0.2, 0.25) is 6.82 Å². The second-order valence-corrected chi connectivity index (χ2v) is 3.87. The van der Waals surface area contributed by atoms with Crippen molar-refractivity contribution < 1.29 is 15.2 Å². The van der Waals surface area contributed by atoms with Crippen LogP contribution in [-0.2, 0) is 4.89 Å². The number of hydrogen-bond donors (Lipinski definition) is 3. The zero-order valence-electron chi connectivity index (χ0n) is 8.07. The molecule has 0 saturated heterocycles. The molecule has 1 aliphatic carbocycles. The van der Waals surface area contributed by atoms with Crippen LogP contribution < -0.4 is 5.23 Å². The third-order valence-electron chi connectivity index (χ3n) is 2.57. The molecule has 1 fully saturated rings. The van der Waals surface area contributed by atoms with E-state index in [2.05, 4.69) is 10.1 Å². The lowest BCUT2D eigenvalue weighted by Crippen LogP contribution is -2.43. The molecule has 0 aromatic heterocycles. The van der Waals surface area contributed by atoms with Crippen LogP contribution in [0.25, 0.3) is 0 Å². The predicted octanol–water partition coefficient (Wildman–Crippen LogP) is 0.735. The SMILES string of the molecule is CB(O)NC1CCCC(COO)C1. The van der Waals surface area contributed by atoms with Gasteiger partial charge in [0.1, 0.15) is 0 Å². The van der Waals surface area contributed by atoms with E-state index in [0.29, 0.717) is 18.6 Å². The van der Waals surface area contributed by atoms with Gasteiger partial charge in [-0.1, -0.05) is 6.42 Å². The zero-order valence-corrected chi connectivity index (χ0v) is 8.07. The van der Waals surface area contributed by atoms with Gasteiger partial charge in [0, 0.05) is 0 Å². The fourth-order valence-electron chi connectivity index (χ4n) is 2.04. The van der Waals surface area contributed by atoms with E-state index in [0.717, 1.165) is 25.7 Å². The van der Waals surface area contributed by atoms with E-state index in [-0.39, 0.29) is 0 Å². The van der Waals surface area contributed by atoms with E-state index in [1.165, 1.54) is 0 Å². The molecule has 1 aliphatic rings. The minimum absolute atomic E-state index is 0.369. The van der Waals surface area contributed by atoms with Crippen LogP contribution in [0.3, 0.4) is 0 Å². The monoisotopic (exact) mass is 187 g/mol. The molecule has 2 atom stereocenters. The van der Waals surface area contributed by atoms with Crippen molar-refractivity contribution in [3.8, 4) is 0 Å². The Labute approximate surface area is 79.3 Å². The molecule has 2 unspecified atom stereocenters. The standard InChI is InChI=1S/C8H18BNO3/c1-9(11)10-8-4-2-3-7(5-8)6-13-12/h7-8,10-12H,2-6H2,1H3. The highest BCUT2D eigenvalue weighted by molar-refractivity contribution is 6.45. The molecular weight excluding hydrogens is 169 g/mol. The van der Waals surface area contributed by atoms with Crippen molar-refractivity contribution in [1.82, 2.24) is 5.23 Å². The van der Waals surface area contributed by atoms with Crippen molar-refractivity contribution in [1.29, 1.82) is 0 Å². The summed E-state index contributed by atoms with van der Waals surface area (Å²) in [6, 6.07) is 0.369. The van der Waals surface area contributed by atoms with Crippen molar-refractivity contribution in [2.24, 2.45) is 5.92 Å². The van der Waals surface area contributed by atoms with Crippen molar-refractivity contribution in [2.45, 2.75) is 38.5 Å². The van der Waals surface area contributed by atoms with Gasteiger partial charge in [-0.25, -0.2) is 4.89 Å². The molecule has 0 bridgehead atoms. The number of rotatable bonds is 4. The van der Waals surface area contributed by atoms with Crippen molar-refractivity contribution >= 4 is 7.05 Å². The first-order valence-electron chi connectivity index (χ1n) is 4.93. The summed E-state index contributed by atoms with van der Waals surface area (Å²) in [7, 11) is -0.446. The lowest BCUT2D eigenvalue weighted by Gasteiger charge is -2.29. The number of hydrogen-bond acceptors (Lipinski definition) is 4. The predicted molar refractivity (Wildman–Crippen MR) is 51.3 cm³/mol. The second kappa shape index (κ2) is 5.60. The Kier molecular flexibility index (Phi) is 4.73. The van der Waals surface area contributed by atoms with Gasteiger partial charge in [0.2, 0.25) is 0 Å². The molecule has 3 N–H and O–H groups in total. The lowest BCUT2D eigenvalue weighted by molar-refractivity contribution is -0.252. The second-order valence-electron chi connectivity index (χ2n) is 3.87. The molecule has 0 aliphatic heterocycles. The van der Waals surface area contributed by atoms with Crippen LogP contribution in [0.5, 0.6) is 0 Å². The van der Waals surface area contributed by atoms with Gasteiger partial charge in [-0.05, 0) is 38.0 Å². The molecule has 4 nitrogen and oxygen atoms in total. The summed E-state index contributed by atoms with van der Waals surface area (Å²) < 4.78 is 0. The van der Waals surface area contributed by atoms with Gasteiger partial charge in [-0.15, -0.1) is 0 Å². The van der Waals surface area contributed by atoms with Crippen LogP contribution in [0.15, 0.2) is 0 Å². The van der Waals surface area contributed by atoms with Gasteiger partial charge in [0.25, 0.3) is 0 Å². The highest BCUT2D eigenvalue weighted by Gasteiger charge is 2.23. The fourth-order valence-corrected chi connectivity index (χ4v) is 2.04. The van der Waals surface area contributed by atoms with Gasteiger partial charge in [-0.2, -0.15) is 0 Å². The highest BCUT2D eigenvalue weighted by Crippen LogP contribution is 2.24. The first-order chi connectivity index (χ1) is 6.22. The van der Waals surface area contributed by atoms with Gasteiger partial charge in [0.05, 0.1) is 6.61 Å². The summed E-state index contributed by atoms with van der Waals surface area (Å²) in [5, 5.41) is 20.5. The van der Waals surface area contributed by atoms with E-state index >= 15 is 0 Å². The Morgan fingerprint density at radius 1 is 1.54 bits per heavy atom. The average molecular weight is 187 g/mol. The van der Waals surface area contributed by atoms with Gasteiger partial charge >= 0.3 is 7.05 Å². The Hall–Kier alpha value is -0.0951. The topological polar surface area (TPSA) is 61.7 Å². The largest absolute Gasteiger partial charge is 0.437 e. The quantitative estimate of drug-likeness (QED) is 0.345. The first kappa shape index (κ1) is 11.0. The maximum Gasteiger partial charge on any atom is 0.373 e. The fraction of sp³-hybridized carbons (Fsp3) is 1.00. The summed E-state index contributed by atoms with van der Waals surface area (Å²) in [5.74, 6) is 0.426. The summed E-state index contributed by atoms with van der Waals surface area (Å²) in [5.41, 5.74) is 0. The van der Waals surface area contributed by atoms with Gasteiger partial charge < -0.3 is 10.3 Å². The van der Waals surface area contributed by atoms with E-state index in [1.54, 1.807) is 6.82 Å². The molecule has 0 amide bonds. The summed E-state index contributed by atoms with van der Waals surface area (Å²) in [4.78, 5) is 4.14. The maximum absolute atomic E-state index is 9.13. The van der Waals surface area contributed by atoms with Crippen molar-refractivity contribution in [2.75, 3.05) is 6.61 Å². The summed E-state index contributed by atoms with van der Waals surface area (Å²) in [6.45, 7) is 2.14. The Morgan fingerprint density at radius 3 is 2.92 bits per heavy atom. The van der Waals surface area contributed by atoms with E-state index in [4.69, 9.17) is 10.3 Å². The molecule has 0 aromatic carbocycles. The minimum atomic E-state index is -0.446. The molecule has 76 valence electrons. The van der Waals surface area contributed by atoms with Crippen molar-refractivity contribution in [3.63, 3.8) is 0 Å². The smallest absolute Gasteiger partial charge is 0.373 e. The lowest BCUT2D eigenvalue weighted by atomic mass is 9.80. The molecule has 1 rings (SSSR count). The van der Waals surface area contributed by atoms with Crippen LogP contribution in [0.1, 0.15) is 25.7 Å². The highest BCUT2D eigenvalue weighted by atomic mass is 17.1. The summed E-state index contributed by atoms with van der Waals surface area (Å²) >= 11 is 0. The molecule has 0 spiro atoms. The van der Waals surface area contributed by atoms with Gasteiger partial charge in [0.15, 0.2) is 0 Å². The van der Waals surface area contributed by atoms with E-state index < -0.39 is 7.05 Å². The number of nitrogens with one attached hydrogen (secondary N) is 1.